The molecule has 0 saturated heterocycles. The van der Waals surface area contributed by atoms with Crippen molar-refractivity contribution in [2.75, 3.05) is 13.6 Å². The normalized spacial score (nSPS) is 17.4. The third-order valence-electron chi connectivity index (χ3n) is 4.76. The molecule has 0 N–H and O–H groups in total. The molecule has 1 aliphatic rings. The Morgan fingerprint density at radius 1 is 1.08 bits per heavy atom. The molecule has 3 aromatic rings. The Morgan fingerprint density at radius 3 is 2.69 bits per heavy atom. The molecule has 26 heavy (non-hydrogen) atoms. The van der Waals surface area contributed by atoms with E-state index in [1.165, 1.54) is 23.3 Å². The molecule has 4 heteroatoms. The van der Waals surface area contributed by atoms with Gasteiger partial charge in [0.05, 0.1) is 5.69 Å². The maximum Gasteiger partial charge on any atom is 0.125 e. The molecule has 1 aliphatic heterocycles. The van der Waals surface area contributed by atoms with Crippen LogP contribution >= 0.6 is 0 Å². The Labute approximate surface area is 153 Å². The molecule has 0 aliphatic carbocycles. The summed E-state index contributed by atoms with van der Waals surface area (Å²) in [4.78, 5) is 6.76. The van der Waals surface area contributed by atoms with Crippen molar-refractivity contribution in [2.24, 2.45) is 0 Å². The fraction of sp³-hybridized carbons (Fsp3) is 0.227. The largest absolute Gasteiger partial charge is 0.486 e. The number of hydrogen-bond donors (Lipinski definition) is 0. The average Bonchev–Trinajstić information content (AvgIpc) is 2.82. The molecule has 0 radical (unpaired) electrons. The van der Waals surface area contributed by atoms with E-state index in [-0.39, 0.29) is 11.9 Å². The first-order valence-corrected chi connectivity index (χ1v) is 8.84. The van der Waals surface area contributed by atoms with Gasteiger partial charge < -0.3 is 9.64 Å². The minimum absolute atomic E-state index is 0.0433. The highest BCUT2D eigenvalue weighted by Crippen LogP contribution is 2.33. The maximum absolute atomic E-state index is 13.2. The van der Waals surface area contributed by atoms with Gasteiger partial charge in [-0.25, -0.2) is 4.39 Å². The molecule has 2 heterocycles. The molecule has 1 unspecified atom stereocenters. The van der Waals surface area contributed by atoms with E-state index in [0.717, 1.165) is 30.8 Å². The number of rotatable bonds is 3. The van der Waals surface area contributed by atoms with Gasteiger partial charge in [0.2, 0.25) is 0 Å². The number of nitrogens with zero attached hydrogens (tertiary/aromatic N) is 2. The highest BCUT2D eigenvalue weighted by Gasteiger charge is 2.23. The Morgan fingerprint density at radius 2 is 1.92 bits per heavy atom. The first kappa shape index (κ1) is 16.7. The molecular formula is C22H21FN2O. The number of benzene rings is 2. The quantitative estimate of drug-likeness (QED) is 0.677. The number of hydrogen-bond acceptors (Lipinski definition) is 3. The molecule has 1 atom stereocenters. The number of aromatic nitrogens is 1. The van der Waals surface area contributed by atoms with Gasteiger partial charge in [0.1, 0.15) is 17.7 Å². The molecule has 4 rings (SSSR count). The van der Waals surface area contributed by atoms with Crippen molar-refractivity contribution in [2.45, 2.75) is 19.1 Å². The molecule has 0 spiro atoms. The van der Waals surface area contributed by atoms with Crippen LogP contribution in [-0.4, -0.2) is 23.5 Å². The smallest absolute Gasteiger partial charge is 0.125 e. The molecular weight excluding hydrogens is 327 g/mol. The van der Waals surface area contributed by atoms with E-state index in [4.69, 9.17) is 4.74 Å². The lowest BCUT2D eigenvalue weighted by molar-refractivity contribution is 0.182. The van der Waals surface area contributed by atoms with Crippen LogP contribution < -0.4 is 4.74 Å². The van der Waals surface area contributed by atoms with Gasteiger partial charge in [-0.2, -0.15) is 0 Å². The van der Waals surface area contributed by atoms with E-state index < -0.39 is 0 Å². The predicted molar refractivity (Wildman–Crippen MR) is 100 cm³/mol. The van der Waals surface area contributed by atoms with E-state index in [1.807, 2.05) is 24.4 Å². The van der Waals surface area contributed by atoms with Crippen LogP contribution in [0, 0.1) is 5.82 Å². The van der Waals surface area contributed by atoms with Crippen molar-refractivity contribution in [3.05, 3.63) is 83.8 Å². The van der Waals surface area contributed by atoms with Gasteiger partial charge in [-0.1, -0.05) is 18.2 Å². The maximum atomic E-state index is 13.2. The van der Waals surface area contributed by atoms with Gasteiger partial charge in [-0.05, 0) is 60.6 Å². The van der Waals surface area contributed by atoms with Crippen LogP contribution in [0.5, 0.6) is 5.75 Å². The Kier molecular flexibility index (Phi) is 4.67. The summed E-state index contributed by atoms with van der Waals surface area (Å²) in [5.41, 5.74) is 4.53. The molecule has 0 amide bonds. The minimum atomic E-state index is -0.252. The summed E-state index contributed by atoms with van der Waals surface area (Å²) in [5.74, 6) is 0.444. The van der Waals surface area contributed by atoms with Crippen LogP contribution in [-0.2, 0) is 6.54 Å². The van der Waals surface area contributed by atoms with E-state index in [2.05, 4.69) is 35.1 Å². The molecule has 1 aromatic heterocycles. The van der Waals surface area contributed by atoms with Crippen molar-refractivity contribution < 1.29 is 9.13 Å². The number of fused-ring (bicyclic) bond motifs is 1. The van der Waals surface area contributed by atoms with Gasteiger partial charge >= 0.3 is 0 Å². The summed E-state index contributed by atoms with van der Waals surface area (Å²) in [6.45, 7) is 1.82. The average molecular weight is 348 g/mol. The first-order valence-electron chi connectivity index (χ1n) is 8.84. The van der Waals surface area contributed by atoms with Crippen LogP contribution in [0.15, 0.2) is 66.9 Å². The van der Waals surface area contributed by atoms with Crippen LogP contribution in [0.2, 0.25) is 0 Å². The summed E-state index contributed by atoms with van der Waals surface area (Å²) in [6, 6.07) is 18.6. The molecule has 2 aromatic carbocycles. The summed E-state index contributed by atoms with van der Waals surface area (Å²) < 4.78 is 19.4. The van der Waals surface area contributed by atoms with E-state index in [9.17, 15) is 4.39 Å². The topological polar surface area (TPSA) is 25.4 Å². The van der Waals surface area contributed by atoms with Crippen molar-refractivity contribution >= 4 is 0 Å². The van der Waals surface area contributed by atoms with Crippen LogP contribution in [0.25, 0.3) is 11.3 Å². The number of ether oxygens (including phenoxy) is 1. The van der Waals surface area contributed by atoms with Gasteiger partial charge in [-0.15, -0.1) is 0 Å². The van der Waals surface area contributed by atoms with Gasteiger partial charge in [0.15, 0.2) is 0 Å². The second kappa shape index (κ2) is 7.26. The highest BCUT2D eigenvalue weighted by molar-refractivity contribution is 5.61. The number of halogens is 1. The lowest BCUT2D eigenvalue weighted by Gasteiger charge is -2.20. The van der Waals surface area contributed by atoms with Crippen molar-refractivity contribution in [1.82, 2.24) is 9.88 Å². The third-order valence-corrected chi connectivity index (χ3v) is 4.76. The summed E-state index contributed by atoms with van der Waals surface area (Å²) in [5, 5.41) is 0. The lowest BCUT2D eigenvalue weighted by atomic mass is 9.97. The van der Waals surface area contributed by atoms with Gasteiger partial charge in [-0.3, -0.25) is 4.98 Å². The molecule has 0 bridgehead atoms. The summed E-state index contributed by atoms with van der Waals surface area (Å²) >= 11 is 0. The SMILES string of the molecule is CN1CCC(Oc2ccc(F)cc2)c2ccc(-c3ccccn3)cc2C1. The molecule has 3 nitrogen and oxygen atoms in total. The van der Waals surface area contributed by atoms with Crippen LogP contribution in [0.3, 0.4) is 0 Å². The monoisotopic (exact) mass is 348 g/mol. The standard InChI is InChI=1S/C22H21FN2O/c1-25-13-11-22(26-19-8-6-18(23)7-9-19)20-10-5-16(14-17(20)15-25)21-4-2-3-12-24-21/h2-10,12,14,22H,11,13,15H2,1H3. The van der Waals surface area contributed by atoms with Crippen molar-refractivity contribution in [3.63, 3.8) is 0 Å². The summed E-state index contributed by atoms with van der Waals surface area (Å²) in [7, 11) is 2.12. The summed E-state index contributed by atoms with van der Waals surface area (Å²) in [6.07, 6.45) is 2.66. The number of pyridine rings is 1. The fourth-order valence-electron chi connectivity index (χ4n) is 3.41. The lowest BCUT2D eigenvalue weighted by Crippen LogP contribution is -2.18. The van der Waals surface area contributed by atoms with Gasteiger partial charge in [0.25, 0.3) is 0 Å². The van der Waals surface area contributed by atoms with E-state index in [1.54, 1.807) is 12.1 Å². The van der Waals surface area contributed by atoms with Crippen molar-refractivity contribution in [1.29, 1.82) is 0 Å². The van der Waals surface area contributed by atoms with Crippen LogP contribution in [0.4, 0.5) is 4.39 Å². The van der Waals surface area contributed by atoms with Crippen LogP contribution in [0.1, 0.15) is 23.7 Å². The Balaban J connectivity index is 1.67. The zero-order valence-electron chi connectivity index (χ0n) is 14.7. The Hall–Kier alpha value is -2.72. The molecule has 132 valence electrons. The van der Waals surface area contributed by atoms with E-state index in [0.29, 0.717) is 5.75 Å². The predicted octanol–water partition coefficient (Wildman–Crippen LogP) is 4.84. The second-order valence-corrected chi connectivity index (χ2v) is 6.72. The fourth-order valence-corrected chi connectivity index (χ4v) is 3.41. The van der Waals surface area contributed by atoms with E-state index >= 15 is 0 Å². The molecule has 0 fully saturated rings. The minimum Gasteiger partial charge on any atom is -0.486 e. The Bertz CT molecular complexity index is 880. The molecule has 0 saturated carbocycles. The first-order chi connectivity index (χ1) is 12.7. The van der Waals surface area contributed by atoms with Gasteiger partial charge in [0, 0.05) is 31.3 Å². The highest BCUT2D eigenvalue weighted by atomic mass is 19.1. The second-order valence-electron chi connectivity index (χ2n) is 6.72. The van der Waals surface area contributed by atoms with Crippen molar-refractivity contribution in [3.8, 4) is 17.0 Å². The zero-order chi connectivity index (χ0) is 17.9. The zero-order valence-corrected chi connectivity index (χ0v) is 14.7. The third kappa shape index (κ3) is 3.60.